The Hall–Kier alpha value is -2.53. The van der Waals surface area contributed by atoms with E-state index >= 15 is 0 Å². The fraction of sp³-hybridized carbons (Fsp3) is 0.364. The van der Waals surface area contributed by atoms with E-state index in [9.17, 15) is 9.59 Å². The third-order valence-electron chi connectivity index (χ3n) is 4.77. The zero-order valence-corrected chi connectivity index (χ0v) is 16.7. The van der Waals surface area contributed by atoms with Crippen molar-refractivity contribution in [2.45, 2.75) is 38.6 Å². The summed E-state index contributed by atoms with van der Waals surface area (Å²) in [4.78, 5) is 26.5. The lowest BCUT2D eigenvalue weighted by Gasteiger charge is -2.29. The number of hydrogen-bond donors (Lipinski definition) is 1. The second-order valence-corrected chi connectivity index (χ2v) is 7.44. The summed E-state index contributed by atoms with van der Waals surface area (Å²) in [5, 5.41) is 3.53. The Morgan fingerprint density at radius 2 is 1.96 bits per heavy atom. The van der Waals surface area contributed by atoms with Crippen LogP contribution in [-0.4, -0.2) is 31.0 Å². The van der Waals surface area contributed by atoms with Crippen LogP contribution in [0.3, 0.4) is 0 Å². The maximum atomic E-state index is 12.6. The standard InChI is InChI=1S/C22H25ClN2O3/c1-16(7-8-17-5-3-2-4-6-17)24-21(26)11-12-22(27)25-13-14-28-20-10-9-18(23)15-19(20)25/h2-6,9-10,15-16H,7-8,11-14H2,1H3,(H,24,26)/t16-/m0/s1. The first-order valence-corrected chi connectivity index (χ1v) is 9.97. The van der Waals surface area contributed by atoms with Gasteiger partial charge in [0.05, 0.1) is 12.2 Å². The highest BCUT2D eigenvalue weighted by Crippen LogP contribution is 2.34. The van der Waals surface area contributed by atoms with Gasteiger partial charge in [-0.05, 0) is 43.5 Å². The molecule has 6 heteroatoms. The minimum atomic E-state index is -0.103. The molecule has 1 aliphatic rings. The molecule has 2 aromatic carbocycles. The van der Waals surface area contributed by atoms with Gasteiger partial charge in [0.2, 0.25) is 11.8 Å². The smallest absolute Gasteiger partial charge is 0.227 e. The Morgan fingerprint density at radius 1 is 1.18 bits per heavy atom. The van der Waals surface area contributed by atoms with Crippen LogP contribution in [0.1, 0.15) is 31.7 Å². The first-order chi connectivity index (χ1) is 13.5. The zero-order chi connectivity index (χ0) is 19.9. The van der Waals surface area contributed by atoms with Gasteiger partial charge in [0.25, 0.3) is 0 Å². The molecule has 2 amide bonds. The number of benzene rings is 2. The molecule has 148 valence electrons. The molecule has 0 aromatic heterocycles. The molecule has 1 atom stereocenters. The van der Waals surface area contributed by atoms with Crippen LogP contribution in [0, 0.1) is 0 Å². The summed E-state index contributed by atoms with van der Waals surface area (Å²) in [6.07, 6.45) is 2.09. The van der Waals surface area contributed by atoms with Crippen LogP contribution in [-0.2, 0) is 16.0 Å². The Balaban J connectivity index is 1.46. The molecule has 1 aliphatic heterocycles. The molecule has 0 aliphatic carbocycles. The van der Waals surface area contributed by atoms with E-state index in [-0.39, 0.29) is 30.7 Å². The normalized spacial score (nSPS) is 14.0. The molecule has 1 N–H and O–H groups in total. The number of ether oxygens (including phenoxy) is 1. The molecule has 0 saturated heterocycles. The lowest BCUT2D eigenvalue weighted by Crippen LogP contribution is -2.39. The van der Waals surface area contributed by atoms with Crippen LogP contribution in [0.2, 0.25) is 5.02 Å². The number of aryl methyl sites for hydroxylation is 1. The largest absolute Gasteiger partial charge is 0.490 e. The van der Waals surface area contributed by atoms with Crippen molar-refractivity contribution in [2.75, 3.05) is 18.1 Å². The van der Waals surface area contributed by atoms with Crippen molar-refractivity contribution in [3.05, 3.63) is 59.1 Å². The molecule has 2 aromatic rings. The van der Waals surface area contributed by atoms with Gasteiger partial charge < -0.3 is 15.0 Å². The summed E-state index contributed by atoms with van der Waals surface area (Å²) in [7, 11) is 0. The van der Waals surface area contributed by atoms with Crippen molar-refractivity contribution in [1.82, 2.24) is 5.32 Å². The Morgan fingerprint density at radius 3 is 2.75 bits per heavy atom. The van der Waals surface area contributed by atoms with Gasteiger partial charge in [-0.1, -0.05) is 41.9 Å². The van der Waals surface area contributed by atoms with E-state index in [0.717, 1.165) is 12.8 Å². The zero-order valence-electron chi connectivity index (χ0n) is 16.0. The lowest BCUT2D eigenvalue weighted by atomic mass is 10.1. The topological polar surface area (TPSA) is 58.6 Å². The van der Waals surface area contributed by atoms with Gasteiger partial charge in [0.15, 0.2) is 0 Å². The number of carbonyl (C=O) groups excluding carboxylic acids is 2. The quantitative estimate of drug-likeness (QED) is 0.764. The average molecular weight is 401 g/mol. The molecule has 0 fully saturated rings. The molecule has 1 heterocycles. The van der Waals surface area contributed by atoms with Gasteiger partial charge in [0, 0.05) is 23.9 Å². The van der Waals surface area contributed by atoms with Gasteiger partial charge in [-0.25, -0.2) is 0 Å². The number of fused-ring (bicyclic) bond motifs is 1. The predicted octanol–water partition coefficient (Wildman–Crippen LogP) is 3.98. The molecule has 5 nitrogen and oxygen atoms in total. The van der Waals surface area contributed by atoms with E-state index < -0.39 is 0 Å². The SMILES string of the molecule is C[C@@H](CCc1ccccc1)NC(=O)CCC(=O)N1CCOc2ccc(Cl)cc21. The highest BCUT2D eigenvalue weighted by atomic mass is 35.5. The van der Waals surface area contributed by atoms with E-state index in [4.69, 9.17) is 16.3 Å². The maximum Gasteiger partial charge on any atom is 0.227 e. The van der Waals surface area contributed by atoms with Gasteiger partial charge in [-0.2, -0.15) is 0 Å². The van der Waals surface area contributed by atoms with Crippen molar-refractivity contribution in [2.24, 2.45) is 0 Å². The van der Waals surface area contributed by atoms with Crippen LogP contribution >= 0.6 is 11.6 Å². The molecule has 0 bridgehead atoms. The van der Waals surface area contributed by atoms with E-state index in [0.29, 0.717) is 29.6 Å². The second-order valence-electron chi connectivity index (χ2n) is 7.00. The molecular formula is C22H25ClN2O3. The van der Waals surface area contributed by atoms with Gasteiger partial charge >= 0.3 is 0 Å². The third-order valence-corrected chi connectivity index (χ3v) is 5.00. The number of nitrogens with zero attached hydrogens (tertiary/aromatic N) is 1. The molecule has 3 rings (SSSR count). The highest BCUT2D eigenvalue weighted by molar-refractivity contribution is 6.31. The van der Waals surface area contributed by atoms with E-state index in [1.165, 1.54) is 5.56 Å². The number of carbonyl (C=O) groups is 2. The van der Waals surface area contributed by atoms with Crippen molar-refractivity contribution < 1.29 is 14.3 Å². The number of nitrogens with one attached hydrogen (secondary N) is 1. The summed E-state index contributed by atoms with van der Waals surface area (Å²) in [6.45, 7) is 2.88. The van der Waals surface area contributed by atoms with Crippen LogP contribution < -0.4 is 15.0 Å². The molecular weight excluding hydrogens is 376 g/mol. The number of hydrogen-bond acceptors (Lipinski definition) is 3. The van der Waals surface area contributed by atoms with Crippen LogP contribution in [0.5, 0.6) is 5.75 Å². The minimum absolute atomic E-state index is 0.0609. The van der Waals surface area contributed by atoms with Crippen molar-refractivity contribution >= 4 is 29.1 Å². The number of amides is 2. The van der Waals surface area contributed by atoms with Crippen molar-refractivity contribution in [3.63, 3.8) is 0 Å². The van der Waals surface area contributed by atoms with E-state index in [2.05, 4.69) is 17.4 Å². The van der Waals surface area contributed by atoms with E-state index in [1.54, 1.807) is 23.1 Å². The minimum Gasteiger partial charge on any atom is -0.490 e. The summed E-state index contributed by atoms with van der Waals surface area (Å²) < 4.78 is 5.57. The molecule has 28 heavy (non-hydrogen) atoms. The van der Waals surface area contributed by atoms with Crippen molar-refractivity contribution in [3.8, 4) is 5.75 Å². The van der Waals surface area contributed by atoms with Crippen LogP contribution in [0.25, 0.3) is 0 Å². The third kappa shape index (κ3) is 5.49. The van der Waals surface area contributed by atoms with Gasteiger partial charge in [-0.15, -0.1) is 0 Å². The molecule has 0 spiro atoms. The lowest BCUT2D eigenvalue weighted by molar-refractivity contribution is -0.125. The fourth-order valence-corrected chi connectivity index (χ4v) is 3.42. The fourth-order valence-electron chi connectivity index (χ4n) is 3.25. The average Bonchev–Trinajstić information content (AvgIpc) is 2.70. The predicted molar refractivity (Wildman–Crippen MR) is 111 cm³/mol. The second kappa shape index (κ2) is 9.60. The summed E-state index contributed by atoms with van der Waals surface area (Å²) in [5.41, 5.74) is 1.92. The van der Waals surface area contributed by atoms with Gasteiger partial charge in [0.1, 0.15) is 12.4 Å². The first kappa shape index (κ1) is 20.2. The molecule has 0 saturated carbocycles. The monoisotopic (exact) mass is 400 g/mol. The van der Waals surface area contributed by atoms with Crippen LogP contribution in [0.4, 0.5) is 5.69 Å². The molecule has 0 radical (unpaired) electrons. The Bertz CT molecular complexity index is 826. The first-order valence-electron chi connectivity index (χ1n) is 9.59. The van der Waals surface area contributed by atoms with Crippen LogP contribution in [0.15, 0.2) is 48.5 Å². The Kier molecular flexibility index (Phi) is 6.93. The number of rotatable bonds is 7. The maximum absolute atomic E-state index is 12.6. The van der Waals surface area contributed by atoms with Crippen molar-refractivity contribution in [1.29, 1.82) is 0 Å². The summed E-state index contributed by atoms with van der Waals surface area (Å²) in [5.74, 6) is 0.440. The van der Waals surface area contributed by atoms with E-state index in [1.807, 2.05) is 25.1 Å². The van der Waals surface area contributed by atoms with Gasteiger partial charge in [-0.3, -0.25) is 9.59 Å². The Labute approximate surface area is 170 Å². The summed E-state index contributed by atoms with van der Waals surface area (Å²) in [6, 6.07) is 15.5. The number of halogens is 1. The highest BCUT2D eigenvalue weighted by Gasteiger charge is 2.24. The summed E-state index contributed by atoms with van der Waals surface area (Å²) >= 11 is 6.05. The molecule has 0 unspecified atom stereocenters. The number of anilines is 1.